The molecule has 1 fully saturated rings. The van der Waals surface area contributed by atoms with Crippen molar-refractivity contribution in [1.29, 1.82) is 0 Å². The van der Waals surface area contributed by atoms with Gasteiger partial charge in [-0.3, -0.25) is 15.0 Å². The number of likely N-dealkylation sites (N-methyl/N-ethyl adjacent to an activating group) is 1. The van der Waals surface area contributed by atoms with Crippen molar-refractivity contribution in [2.75, 3.05) is 26.7 Å². The van der Waals surface area contributed by atoms with Gasteiger partial charge in [-0.1, -0.05) is 0 Å². The summed E-state index contributed by atoms with van der Waals surface area (Å²) < 4.78 is 0. The molecule has 0 aliphatic carbocycles. The Labute approximate surface area is 129 Å². The van der Waals surface area contributed by atoms with Crippen LogP contribution in [0.2, 0.25) is 0 Å². The minimum Gasteiger partial charge on any atom is -0.480 e. The van der Waals surface area contributed by atoms with Gasteiger partial charge < -0.3 is 10.0 Å². The summed E-state index contributed by atoms with van der Waals surface area (Å²) in [7, 11) is 2.18. The molecule has 0 aromatic heterocycles. The first-order chi connectivity index (χ1) is 9.65. The van der Waals surface area contributed by atoms with Crippen molar-refractivity contribution in [3.8, 4) is 0 Å². The number of nitrogens with zero attached hydrogens (tertiary/aromatic N) is 2. The maximum absolute atomic E-state index is 11.5. The van der Waals surface area contributed by atoms with Gasteiger partial charge in [0.05, 0.1) is 0 Å². The molecule has 124 valence electrons. The van der Waals surface area contributed by atoms with Crippen LogP contribution in [0.3, 0.4) is 0 Å². The van der Waals surface area contributed by atoms with Crippen molar-refractivity contribution < 1.29 is 9.90 Å². The first kappa shape index (κ1) is 18.4. The molecular formula is C16H33N3O2. The summed E-state index contributed by atoms with van der Waals surface area (Å²) in [6.07, 6.45) is 1.57. The zero-order valence-corrected chi connectivity index (χ0v) is 14.5. The largest absolute Gasteiger partial charge is 0.480 e. The lowest BCUT2D eigenvalue weighted by Gasteiger charge is -2.42. The Hall–Kier alpha value is -0.650. The van der Waals surface area contributed by atoms with Crippen LogP contribution < -0.4 is 5.32 Å². The number of rotatable bonds is 7. The summed E-state index contributed by atoms with van der Waals surface area (Å²) in [6, 6.07) is 1.30. The van der Waals surface area contributed by atoms with Crippen LogP contribution in [0.25, 0.3) is 0 Å². The molecule has 0 spiro atoms. The lowest BCUT2D eigenvalue weighted by atomic mass is 9.94. The van der Waals surface area contributed by atoms with Gasteiger partial charge in [0.2, 0.25) is 0 Å². The van der Waals surface area contributed by atoms with Gasteiger partial charge in [0.15, 0.2) is 0 Å². The topological polar surface area (TPSA) is 55.8 Å². The molecule has 1 saturated heterocycles. The minimum atomic E-state index is -0.821. The smallest absolute Gasteiger partial charge is 0.323 e. The Balaban J connectivity index is 2.46. The van der Waals surface area contributed by atoms with Gasteiger partial charge in [-0.2, -0.15) is 0 Å². The summed E-state index contributed by atoms with van der Waals surface area (Å²) in [5.41, 5.74) is -0.821. The molecule has 1 rings (SSSR count). The van der Waals surface area contributed by atoms with E-state index in [2.05, 4.69) is 36.0 Å². The molecule has 1 aliphatic heterocycles. The van der Waals surface area contributed by atoms with Crippen LogP contribution in [0.1, 0.15) is 47.5 Å². The second-order valence-electron chi connectivity index (χ2n) is 7.16. The second kappa shape index (κ2) is 7.56. The van der Waals surface area contributed by atoms with E-state index in [4.69, 9.17) is 0 Å². The van der Waals surface area contributed by atoms with E-state index < -0.39 is 11.5 Å². The van der Waals surface area contributed by atoms with Gasteiger partial charge in [-0.15, -0.1) is 0 Å². The summed E-state index contributed by atoms with van der Waals surface area (Å²) in [5, 5.41) is 12.6. The van der Waals surface area contributed by atoms with Crippen LogP contribution in [-0.2, 0) is 4.79 Å². The van der Waals surface area contributed by atoms with Crippen molar-refractivity contribution in [2.45, 2.75) is 71.1 Å². The highest BCUT2D eigenvalue weighted by Gasteiger charge is 2.33. The van der Waals surface area contributed by atoms with E-state index in [1.165, 1.54) is 0 Å². The molecule has 3 atom stereocenters. The fourth-order valence-electron chi connectivity index (χ4n) is 3.23. The molecule has 0 saturated carbocycles. The van der Waals surface area contributed by atoms with Crippen molar-refractivity contribution in [3.05, 3.63) is 0 Å². The van der Waals surface area contributed by atoms with Gasteiger partial charge in [-0.25, -0.2) is 0 Å². The van der Waals surface area contributed by atoms with Crippen LogP contribution in [0.15, 0.2) is 0 Å². The summed E-state index contributed by atoms with van der Waals surface area (Å²) in [4.78, 5) is 16.4. The van der Waals surface area contributed by atoms with Crippen molar-refractivity contribution in [2.24, 2.45) is 0 Å². The normalized spacial score (nSPS) is 27.8. The molecule has 5 nitrogen and oxygen atoms in total. The first-order valence-electron chi connectivity index (χ1n) is 8.11. The third-order valence-corrected chi connectivity index (χ3v) is 4.67. The quantitative estimate of drug-likeness (QED) is 0.748. The van der Waals surface area contributed by atoms with Crippen molar-refractivity contribution in [3.63, 3.8) is 0 Å². The minimum absolute atomic E-state index is 0.176. The maximum Gasteiger partial charge on any atom is 0.323 e. The van der Waals surface area contributed by atoms with E-state index in [0.29, 0.717) is 18.5 Å². The Morgan fingerprint density at radius 1 is 1.33 bits per heavy atom. The van der Waals surface area contributed by atoms with E-state index in [1.54, 1.807) is 6.92 Å². The fraction of sp³-hybridized carbons (Fsp3) is 0.938. The number of aliphatic carboxylic acids is 1. The molecule has 1 aliphatic rings. The molecule has 5 heteroatoms. The lowest BCUT2D eigenvalue weighted by molar-refractivity contribution is -0.144. The molecule has 2 N–H and O–H groups in total. The molecule has 21 heavy (non-hydrogen) atoms. The first-order valence-corrected chi connectivity index (χ1v) is 8.11. The highest BCUT2D eigenvalue weighted by atomic mass is 16.4. The third-order valence-electron chi connectivity index (χ3n) is 4.67. The number of carboxylic acids is 1. The van der Waals surface area contributed by atoms with E-state index in [9.17, 15) is 9.90 Å². The van der Waals surface area contributed by atoms with Gasteiger partial charge in [-0.05, 0) is 61.1 Å². The van der Waals surface area contributed by atoms with Gasteiger partial charge >= 0.3 is 5.97 Å². The van der Waals surface area contributed by atoms with Crippen LogP contribution in [0.5, 0.6) is 0 Å². The Morgan fingerprint density at radius 3 is 2.29 bits per heavy atom. The summed E-state index contributed by atoms with van der Waals surface area (Å²) in [5.74, 6) is -0.753. The molecule has 0 aromatic rings. The monoisotopic (exact) mass is 299 g/mol. The molecular weight excluding hydrogens is 266 g/mol. The maximum atomic E-state index is 11.5. The number of carboxylic acid groups (broad SMARTS) is 1. The van der Waals surface area contributed by atoms with E-state index in [-0.39, 0.29) is 6.04 Å². The Morgan fingerprint density at radius 2 is 1.86 bits per heavy atom. The number of nitrogens with one attached hydrogen (secondary N) is 1. The average Bonchev–Trinajstić information content (AvgIpc) is 2.34. The number of hydrogen-bond acceptors (Lipinski definition) is 4. The molecule has 0 amide bonds. The number of carbonyl (C=O) groups is 1. The average molecular weight is 299 g/mol. The van der Waals surface area contributed by atoms with E-state index in [0.717, 1.165) is 26.1 Å². The Kier molecular flexibility index (Phi) is 6.63. The summed E-state index contributed by atoms with van der Waals surface area (Å²) >= 11 is 0. The zero-order chi connectivity index (χ0) is 16.2. The van der Waals surface area contributed by atoms with Gasteiger partial charge in [0.1, 0.15) is 5.54 Å². The van der Waals surface area contributed by atoms with Crippen molar-refractivity contribution >= 4 is 5.97 Å². The van der Waals surface area contributed by atoms with Gasteiger partial charge in [0.25, 0.3) is 0 Å². The predicted molar refractivity (Wildman–Crippen MR) is 86.7 cm³/mol. The lowest BCUT2D eigenvalue weighted by Crippen LogP contribution is -2.55. The SMILES string of the molecule is CC(C)NC(C)(CCCN1CC(C)N(C)C(C)C1)C(=O)O. The molecule has 3 unspecified atom stereocenters. The van der Waals surface area contributed by atoms with Crippen LogP contribution >= 0.6 is 0 Å². The predicted octanol–water partition coefficient (Wildman–Crippen LogP) is 1.63. The van der Waals surface area contributed by atoms with E-state index >= 15 is 0 Å². The van der Waals surface area contributed by atoms with Crippen LogP contribution in [-0.4, -0.2) is 71.2 Å². The fourth-order valence-corrected chi connectivity index (χ4v) is 3.23. The number of piperazine rings is 1. The Bertz CT molecular complexity index is 336. The number of hydrogen-bond donors (Lipinski definition) is 2. The zero-order valence-electron chi connectivity index (χ0n) is 14.5. The second-order valence-corrected chi connectivity index (χ2v) is 7.16. The van der Waals surface area contributed by atoms with Crippen molar-refractivity contribution in [1.82, 2.24) is 15.1 Å². The van der Waals surface area contributed by atoms with Crippen LogP contribution in [0.4, 0.5) is 0 Å². The molecule has 0 radical (unpaired) electrons. The van der Waals surface area contributed by atoms with Crippen LogP contribution in [0, 0.1) is 0 Å². The molecule has 0 bridgehead atoms. The summed E-state index contributed by atoms with van der Waals surface area (Å²) in [6.45, 7) is 13.4. The molecule has 1 heterocycles. The standard InChI is InChI=1S/C16H33N3O2/c1-12(2)17-16(5,15(20)21)8-7-9-19-10-13(3)18(6)14(4)11-19/h12-14,17H,7-11H2,1-6H3,(H,20,21). The third kappa shape index (κ3) is 5.24. The van der Waals surface area contributed by atoms with Gasteiger partial charge in [0, 0.05) is 31.2 Å². The highest BCUT2D eigenvalue weighted by molar-refractivity contribution is 5.78. The molecule has 0 aromatic carbocycles. The highest BCUT2D eigenvalue weighted by Crippen LogP contribution is 2.17. The van der Waals surface area contributed by atoms with E-state index in [1.807, 2.05) is 13.8 Å².